The highest BCUT2D eigenvalue weighted by atomic mass is 16.5. The molecule has 1 aliphatic rings. The Bertz CT molecular complexity index is 175. The average molecular weight is 200 g/mol. The van der Waals surface area contributed by atoms with Crippen molar-refractivity contribution in [2.24, 2.45) is 11.7 Å². The molecule has 1 fully saturated rings. The monoisotopic (exact) mass is 200 g/mol. The molecule has 0 aliphatic carbocycles. The van der Waals surface area contributed by atoms with Gasteiger partial charge < -0.3 is 15.8 Å². The normalized spacial score (nSPS) is 24.3. The lowest BCUT2D eigenvalue weighted by Gasteiger charge is -2.24. The molecule has 0 aromatic rings. The lowest BCUT2D eigenvalue weighted by atomic mass is 10.0. The van der Waals surface area contributed by atoms with Gasteiger partial charge in [-0.3, -0.25) is 4.79 Å². The molecule has 0 spiro atoms. The van der Waals surface area contributed by atoms with Crippen LogP contribution in [0.4, 0.5) is 0 Å². The number of nitrogens with one attached hydrogen (secondary N) is 1. The van der Waals surface area contributed by atoms with Crippen molar-refractivity contribution >= 4 is 5.91 Å². The Balaban J connectivity index is 2.30. The summed E-state index contributed by atoms with van der Waals surface area (Å²) in [4.78, 5) is 11.6. The number of ether oxygens (including phenoxy) is 1. The van der Waals surface area contributed by atoms with Crippen molar-refractivity contribution in [1.29, 1.82) is 0 Å². The van der Waals surface area contributed by atoms with Gasteiger partial charge in [0.1, 0.15) is 0 Å². The average Bonchev–Trinajstić information content (AvgIpc) is 2.21. The molecular weight excluding hydrogens is 180 g/mol. The van der Waals surface area contributed by atoms with Gasteiger partial charge >= 0.3 is 0 Å². The van der Waals surface area contributed by atoms with E-state index in [-0.39, 0.29) is 17.9 Å². The van der Waals surface area contributed by atoms with Gasteiger partial charge in [-0.15, -0.1) is 0 Å². The van der Waals surface area contributed by atoms with Gasteiger partial charge in [0.15, 0.2) is 0 Å². The molecule has 0 aromatic heterocycles. The first-order chi connectivity index (χ1) is 6.77. The van der Waals surface area contributed by atoms with Crippen LogP contribution in [-0.4, -0.2) is 31.7 Å². The number of hydrogen-bond acceptors (Lipinski definition) is 3. The number of amides is 1. The van der Waals surface area contributed by atoms with Crippen LogP contribution < -0.4 is 11.1 Å². The summed E-state index contributed by atoms with van der Waals surface area (Å²) in [7, 11) is 0. The zero-order valence-corrected chi connectivity index (χ0v) is 8.79. The summed E-state index contributed by atoms with van der Waals surface area (Å²) in [6.45, 7) is 3.87. The Morgan fingerprint density at radius 3 is 3.00 bits per heavy atom. The summed E-state index contributed by atoms with van der Waals surface area (Å²) in [6.07, 6.45) is 2.85. The standard InChI is InChI=1S/C10H20N2O2/c1-2-8(6-11)10(13)12-9-4-3-5-14-7-9/h8-9H,2-7,11H2,1H3,(H,12,13). The van der Waals surface area contributed by atoms with Crippen LogP contribution in [0.1, 0.15) is 26.2 Å². The SMILES string of the molecule is CCC(CN)C(=O)NC1CCCOC1. The van der Waals surface area contributed by atoms with Gasteiger partial charge in [0.25, 0.3) is 0 Å². The second kappa shape index (κ2) is 5.98. The first-order valence-electron chi connectivity index (χ1n) is 5.36. The molecule has 2 unspecified atom stereocenters. The zero-order chi connectivity index (χ0) is 10.4. The Labute approximate surface area is 85.2 Å². The quantitative estimate of drug-likeness (QED) is 0.684. The Kier molecular flexibility index (Phi) is 4.90. The number of carbonyl (C=O) groups is 1. The number of carbonyl (C=O) groups excluding carboxylic acids is 1. The van der Waals surface area contributed by atoms with Crippen molar-refractivity contribution in [2.45, 2.75) is 32.2 Å². The van der Waals surface area contributed by atoms with Crippen molar-refractivity contribution in [3.05, 3.63) is 0 Å². The minimum Gasteiger partial charge on any atom is -0.379 e. The predicted octanol–water partition coefficient (Wildman–Crippen LogP) is 0.267. The van der Waals surface area contributed by atoms with Crippen molar-refractivity contribution < 1.29 is 9.53 Å². The molecule has 0 bridgehead atoms. The summed E-state index contributed by atoms with van der Waals surface area (Å²) >= 11 is 0. The van der Waals surface area contributed by atoms with Gasteiger partial charge in [-0.25, -0.2) is 0 Å². The maximum Gasteiger partial charge on any atom is 0.224 e. The molecule has 3 N–H and O–H groups in total. The van der Waals surface area contributed by atoms with Gasteiger partial charge in [-0.05, 0) is 19.3 Å². The fraction of sp³-hybridized carbons (Fsp3) is 0.900. The number of rotatable bonds is 4. The maximum atomic E-state index is 11.6. The molecule has 1 saturated heterocycles. The van der Waals surface area contributed by atoms with Crippen LogP contribution in [0.2, 0.25) is 0 Å². The summed E-state index contributed by atoms with van der Waals surface area (Å²) < 4.78 is 5.28. The Hall–Kier alpha value is -0.610. The fourth-order valence-corrected chi connectivity index (χ4v) is 1.63. The van der Waals surface area contributed by atoms with Crippen molar-refractivity contribution in [3.63, 3.8) is 0 Å². The summed E-state index contributed by atoms with van der Waals surface area (Å²) in [5.74, 6) is 0.0300. The molecule has 1 aliphatic heterocycles. The second-order valence-corrected chi connectivity index (χ2v) is 3.76. The number of nitrogens with two attached hydrogens (primary N) is 1. The van der Waals surface area contributed by atoms with Crippen LogP contribution in [-0.2, 0) is 9.53 Å². The van der Waals surface area contributed by atoms with E-state index < -0.39 is 0 Å². The molecular formula is C10H20N2O2. The van der Waals surface area contributed by atoms with Gasteiger partial charge in [-0.1, -0.05) is 6.92 Å². The molecule has 0 aromatic carbocycles. The lowest BCUT2D eigenvalue weighted by Crippen LogP contribution is -2.44. The van der Waals surface area contributed by atoms with Crippen LogP contribution >= 0.6 is 0 Å². The Morgan fingerprint density at radius 1 is 1.71 bits per heavy atom. The highest BCUT2D eigenvalue weighted by Gasteiger charge is 2.20. The Morgan fingerprint density at radius 2 is 2.50 bits per heavy atom. The van der Waals surface area contributed by atoms with Crippen molar-refractivity contribution in [2.75, 3.05) is 19.8 Å². The molecule has 0 saturated carbocycles. The van der Waals surface area contributed by atoms with E-state index in [4.69, 9.17) is 10.5 Å². The summed E-state index contributed by atoms with van der Waals surface area (Å²) in [5, 5.41) is 2.98. The molecule has 2 atom stereocenters. The van der Waals surface area contributed by atoms with Crippen LogP contribution in [0.15, 0.2) is 0 Å². The fourth-order valence-electron chi connectivity index (χ4n) is 1.63. The van der Waals surface area contributed by atoms with Crippen LogP contribution in [0.25, 0.3) is 0 Å². The van der Waals surface area contributed by atoms with Gasteiger partial charge in [0, 0.05) is 19.1 Å². The lowest BCUT2D eigenvalue weighted by molar-refractivity contribution is -0.126. The first-order valence-corrected chi connectivity index (χ1v) is 5.36. The molecule has 1 rings (SSSR count). The predicted molar refractivity (Wildman–Crippen MR) is 54.8 cm³/mol. The summed E-state index contributed by atoms with van der Waals surface area (Å²) in [5.41, 5.74) is 5.50. The third-order valence-electron chi connectivity index (χ3n) is 2.65. The molecule has 1 heterocycles. The van der Waals surface area contributed by atoms with Crippen LogP contribution in [0.3, 0.4) is 0 Å². The molecule has 1 amide bonds. The van der Waals surface area contributed by atoms with Gasteiger partial charge in [-0.2, -0.15) is 0 Å². The van der Waals surface area contributed by atoms with E-state index in [0.29, 0.717) is 13.2 Å². The second-order valence-electron chi connectivity index (χ2n) is 3.76. The van der Waals surface area contributed by atoms with E-state index in [1.807, 2.05) is 6.92 Å². The molecule has 0 radical (unpaired) electrons. The van der Waals surface area contributed by atoms with E-state index in [0.717, 1.165) is 25.9 Å². The topological polar surface area (TPSA) is 64.4 Å². The smallest absolute Gasteiger partial charge is 0.224 e. The highest BCUT2D eigenvalue weighted by molar-refractivity contribution is 5.79. The van der Waals surface area contributed by atoms with Gasteiger partial charge in [0.05, 0.1) is 12.6 Å². The molecule has 4 nitrogen and oxygen atoms in total. The van der Waals surface area contributed by atoms with Crippen LogP contribution in [0, 0.1) is 5.92 Å². The molecule has 14 heavy (non-hydrogen) atoms. The zero-order valence-electron chi connectivity index (χ0n) is 8.79. The van der Waals surface area contributed by atoms with Crippen molar-refractivity contribution in [1.82, 2.24) is 5.32 Å². The van der Waals surface area contributed by atoms with E-state index in [1.165, 1.54) is 0 Å². The van der Waals surface area contributed by atoms with Crippen molar-refractivity contribution in [3.8, 4) is 0 Å². The summed E-state index contributed by atoms with van der Waals surface area (Å²) in [6, 6.07) is 0.192. The molecule has 4 heteroatoms. The minimum atomic E-state index is -0.0445. The van der Waals surface area contributed by atoms with E-state index in [1.54, 1.807) is 0 Å². The highest BCUT2D eigenvalue weighted by Crippen LogP contribution is 2.07. The maximum absolute atomic E-state index is 11.6. The number of hydrogen-bond donors (Lipinski definition) is 2. The van der Waals surface area contributed by atoms with E-state index in [2.05, 4.69) is 5.32 Å². The van der Waals surface area contributed by atoms with E-state index in [9.17, 15) is 4.79 Å². The minimum absolute atomic E-state index is 0.0445. The third kappa shape index (κ3) is 3.27. The van der Waals surface area contributed by atoms with Gasteiger partial charge in [0.2, 0.25) is 5.91 Å². The largest absolute Gasteiger partial charge is 0.379 e. The first kappa shape index (κ1) is 11.5. The molecule has 82 valence electrons. The van der Waals surface area contributed by atoms with Crippen LogP contribution in [0.5, 0.6) is 0 Å². The third-order valence-corrected chi connectivity index (χ3v) is 2.65. The van der Waals surface area contributed by atoms with E-state index >= 15 is 0 Å².